The number of amides is 1. The lowest BCUT2D eigenvalue weighted by atomic mass is 10.1. The fourth-order valence-electron chi connectivity index (χ4n) is 3.11. The summed E-state index contributed by atoms with van der Waals surface area (Å²) in [5.74, 6) is 1.19. The van der Waals surface area contributed by atoms with Gasteiger partial charge < -0.3 is 9.72 Å². The van der Waals surface area contributed by atoms with E-state index in [9.17, 15) is 13.2 Å². The van der Waals surface area contributed by atoms with Crippen LogP contribution in [0.15, 0.2) is 53.6 Å². The molecule has 1 aromatic carbocycles. The number of rotatable bonds is 6. The molecule has 3 N–H and O–H groups in total. The Morgan fingerprint density at radius 3 is 2.59 bits per heavy atom. The van der Waals surface area contributed by atoms with Crippen molar-refractivity contribution in [3.63, 3.8) is 0 Å². The van der Waals surface area contributed by atoms with Gasteiger partial charge in [0, 0.05) is 18.7 Å². The molecule has 1 saturated carbocycles. The highest BCUT2D eigenvalue weighted by Gasteiger charge is 2.30. The molecule has 1 aliphatic carbocycles. The molecule has 7 nitrogen and oxygen atoms in total. The number of nitrogens with two attached hydrogens (primary N) is 1. The van der Waals surface area contributed by atoms with Gasteiger partial charge in [-0.1, -0.05) is 18.2 Å². The molecule has 4 rings (SSSR count). The summed E-state index contributed by atoms with van der Waals surface area (Å²) in [6.07, 6.45) is 4.75. The van der Waals surface area contributed by atoms with Gasteiger partial charge >= 0.3 is 0 Å². The third-order valence-corrected chi connectivity index (χ3v) is 5.61. The first kappa shape index (κ1) is 17.7. The number of hydrogen-bond acceptors (Lipinski definition) is 4. The molecule has 1 fully saturated rings. The molecule has 0 bridgehead atoms. The maximum absolute atomic E-state index is 12.6. The van der Waals surface area contributed by atoms with E-state index in [0.717, 1.165) is 29.7 Å². The Balaban J connectivity index is 1.44. The van der Waals surface area contributed by atoms with Crippen LogP contribution in [0.25, 0.3) is 5.52 Å². The molecule has 1 aliphatic rings. The van der Waals surface area contributed by atoms with Crippen molar-refractivity contribution < 1.29 is 13.2 Å². The number of imidazole rings is 1. The van der Waals surface area contributed by atoms with E-state index in [1.165, 1.54) is 12.1 Å². The molecule has 0 aliphatic heterocycles. The van der Waals surface area contributed by atoms with Crippen LogP contribution in [-0.4, -0.2) is 30.3 Å². The Labute approximate surface area is 157 Å². The minimum Gasteiger partial charge on any atom is -0.350 e. The Bertz CT molecular complexity index is 1100. The molecule has 1 amide bonds. The van der Waals surface area contributed by atoms with E-state index in [1.54, 1.807) is 12.1 Å². The molecule has 0 unspecified atom stereocenters. The largest absolute Gasteiger partial charge is 0.350 e. The fraction of sp³-hybridized carbons (Fsp3) is 0.263. The second kappa shape index (κ2) is 6.79. The normalized spacial score (nSPS) is 14.4. The van der Waals surface area contributed by atoms with Gasteiger partial charge in [0.2, 0.25) is 10.0 Å². The predicted molar refractivity (Wildman–Crippen MR) is 101 cm³/mol. The van der Waals surface area contributed by atoms with Crippen LogP contribution in [0.2, 0.25) is 0 Å². The average molecular weight is 384 g/mol. The summed E-state index contributed by atoms with van der Waals surface area (Å²) in [4.78, 5) is 17.3. The minimum atomic E-state index is -3.69. The average Bonchev–Trinajstić information content (AvgIpc) is 3.41. The molecule has 8 heteroatoms. The summed E-state index contributed by atoms with van der Waals surface area (Å²) < 4.78 is 24.6. The molecule has 27 heavy (non-hydrogen) atoms. The van der Waals surface area contributed by atoms with Crippen LogP contribution < -0.4 is 10.5 Å². The predicted octanol–water partition coefficient (Wildman–Crippen LogP) is 1.83. The van der Waals surface area contributed by atoms with Gasteiger partial charge in [0.05, 0.1) is 10.4 Å². The molecule has 0 radical (unpaired) electrons. The van der Waals surface area contributed by atoms with E-state index >= 15 is 0 Å². The van der Waals surface area contributed by atoms with Crippen molar-refractivity contribution in [2.24, 2.45) is 5.14 Å². The lowest BCUT2D eigenvalue weighted by Crippen LogP contribution is -2.26. The van der Waals surface area contributed by atoms with E-state index in [2.05, 4.69) is 10.3 Å². The summed E-state index contributed by atoms with van der Waals surface area (Å²) in [5, 5.41) is 7.99. The van der Waals surface area contributed by atoms with Gasteiger partial charge in [0.15, 0.2) is 5.69 Å². The van der Waals surface area contributed by atoms with Crippen LogP contribution in [0.5, 0.6) is 0 Å². The molecule has 2 heterocycles. The quantitative estimate of drug-likeness (QED) is 0.676. The van der Waals surface area contributed by atoms with Crippen molar-refractivity contribution >= 4 is 21.4 Å². The molecule has 3 aromatic rings. The van der Waals surface area contributed by atoms with E-state index in [0.29, 0.717) is 24.6 Å². The highest BCUT2D eigenvalue weighted by Crippen LogP contribution is 2.39. The smallest absolute Gasteiger partial charge is 0.272 e. The lowest BCUT2D eigenvalue weighted by molar-refractivity contribution is 0.0951. The Kier molecular flexibility index (Phi) is 4.45. The Hall–Kier alpha value is -2.71. The number of carbonyl (C=O) groups is 1. The van der Waals surface area contributed by atoms with Gasteiger partial charge in [0.1, 0.15) is 5.82 Å². The minimum absolute atomic E-state index is 0.0763. The highest BCUT2D eigenvalue weighted by atomic mass is 32.2. The first-order chi connectivity index (χ1) is 12.9. The van der Waals surface area contributed by atoms with Crippen molar-refractivity contribution in [3.05, 3.63) is 65.7 Å². The number of primary sulfonamides is 1. The van der Waals surface area contributed by atoms with Crippen LogP contribution >= 0.6 is 0 Å². The van der Waals surface area contributed by atoms with E-state index in [1.807, 2.05) is 28.8 Å². The summed E-state index contributed by atoms with van der Waals surface area (Å²) >= 11 is 0. The van der Waals surface area contributed by atoms with Gasteiger partial charge in [-0.3, -0.25) is 4.79 Å². The van der Waals surface area contributed by atoms with Crippen LogP contribution in [-0.2, 0) is 16.4 Å². The number of hydrogen-bond donors (Lipinski definition) is 2. The summed E-state index contributed by atoms with van der Waals surface area (Å²) in [7, 11) is -3.69. The summed E-state index contributed by atoms with van der Waals surface area (Å²) in [6.45, 7) is 0.429. The third kappa shape index (κ3) is 3.72. The monoisotopic (exact) mass is 384 g/mol. The number of benzene rings is 1. The van der Waals surface area contributed by atoms with Gasteiger partial charge in [-0.2, -0.15) is 0 Å². The number of carbonyl (C=O) groups excluding carboxylic acids is 1. The number of sulfonamides is 1. The third-order valence-electron chi connectivity index (χ3n) is 4.68. The van der Waals surface area contributed by atoms with Crippen molar-refractivity contribution in [1.29, 1.82) is 0 Å². The first-order valence-corrected chi connectivity index (χ1v) is 10.3. The molecule has 2 aromatic heterocycles. The van der Waals surface area contributed by atoms with Crippen molar-refractivity contribution in [2.75, 3.05) is 6.54 Å². The van der Waals surface area contributed by atoms with Crippen LogP contribution in [0.3, 0.4) is 0 Å². The maximum atomic E-state index is 12.6. The number of aromatic nitrogens is 2. The Morgan fingerprint density at radius 2 is 1.93 bits per heavy atom. The Morgan fingerprint density at radius 1 is 1.19 bits per heavy atom. The van der Waals surface area contributed by atoms with E-state index in [-0.39, 0.29) is 10.8 Å². The molecule has 0 spiro atoms. The zero-order valence-corrected chi connectivity index (χ0v) is 15.4. The standard InChI is InChI=1S/C19H20N4O3S/c20-27(25,26)15-8-4-13(5-9-15)10-11-21-19(24)17-16-3-1-2-12-23(16)18(22-17)14-6-7-14/h1-5,8-9,12,14H,6-7,10-11H2,(H,21,24)(H2,20,25,26). The summed E-state index contributed by atoms with van der Waals surface area (Å²) in [6, 6.07) is 12.1. The molecular formula is C19H20N4O3S. The lowest BCUT2D eigenvalue weighted by Gasteiger charge is -2.05. The number of nitrogens with zero attached hydrogens (tertiary/aromatic N) is 2. The topological polar surface area (TPSA) is 107 Å². The van der Waals surface area contributed by atoms with E-state index < -0.39 is 10.0 Å². The summed E-state index contributed by atoms with van der Waals surface area (Å²) in [5.41, 5.74) is 2.17. The fourth-order valence-corrected chi connectivity index (χ4v) is 3.62. The first-order valence-electron chi connectivity index (χ1n) is 8.80. The maximum Gasteiger partial charge on any atom is 0.272 e. The molecule has 140 valence electrons. The second-order valence-electron chi connectivity index (χ2n) is 6.74. The zero-order valence-electron chi connectivity index (χ0n) is 14.6. The SMILES string of the molecule is NS(=O)(=O)c1ccc(CCNC(=O)c2nc(C3CC3)n3ccccc23)cc1. The molecular weight excluding hydrogens is 364 g/mol. The second-order valence-corrected chi connectivity index (χ2v) is 8.31. The van der Waals surface area contributed by atoms with Gasteiger partial charge in [-0.25, -0.2) is 18.5 Å². The number of fused-ring (bicyclic) bond motifs is 1. The highest BCUT2D eigenvalue weighted by molar-refractivity contribution is 7.89. The van der Waals surface area contributed by atoms with Gasteiger partial charge in [0.25, 0.3) is 5.91 Å². The van der Waals surface area contributed by atoms with Gasteiger partial charge in [-0.05, 0) is 49.1 Å². The molecule has 0 atom stereocenters. The van der Waals surface area contributed by atoms with E-state index in [4.69, 9.17) is 5.14 Å². The van der Waals surface area contributed by atoms with Gasteiger partial charge in [-0.15, -0.1) is 0 Å². The zero-order chi connectivity index (χ0) is 19.0. The number of pyridine rings is 1. The van der Waals surface area contributed by atoms with Crippen LogP contribution in [0.4, 0.5) is 0 Å². The van der Waals surface area contributed by atoms with Crippen molar-refractivity contribution in [3.8, 4) is 0 Å². The number of nitrogens with one attached hydrogen (secondary N) is 1. The van der Waals surface area contributed by atoms with Crippen molar-refractivity contribution in [2.45, 2.75) is 30.1 Å². The molecule has 0 saturated heterocycles. The van der Waals surface area contributed by atoms with Crippen LogP contribution in [0, 0.1) is 0 Å². The van der Waals surface area contributed by atoms with Crippen LogP contribution in [0.1, 0.15) is 40.6 Å². The van der Waals surface area contributed by atoms with Crippen molar-refractivity contribution in [1.82, 2.24) is 14.7 Å².